The SMILES string of the molecule is CCC1(C)C2(C)C(C)C3(C)C(C)C31C2C(C)CC(C)C. The molecule has 1 spiro atoms. The molecule has 0 aliphatic heterocycles. The van der Waals surface area contributed by atoms with Crippen molar-refractivity contribution in [1.82, 2.24) is 0 Å². The van der Waals surface area contributed by atoms with Crippen LogP contribution in [0, 0.1) is 51.2 Å². The van der Waals surface area contributed by atoms with Crippen molar-refractivity contribution in [3.63, 3.8) is 0 Å². The fourth-order valence-corrected chi connectivity index (χ4v) is 8.80. The summed E-state index contributed by atoms with van der Waals surface area (Å²) in [6.07, 6.45) is 2.79. The lowest BCUT2D eigenvalue weighted by Gasteiger charge is -2.69. The van der Waals surface area contributed by atoms with E-state index in [1.807, 2.05) is 0 Å². The maximum atomic E-state index is 2.65. The van der Waals surface area contributed by atoms with Crippen LogP contribution in [0.2, 0.25) is 0 Å². The fourth-order valence-electron chi connectivity index (χ4n) is 8.80. The fraction of sp³-hybridized carbons (Fsp3) is 1.00. The highest BCUT2D eigenvalue weighted by Gasteiger charge is 2.99. The number of hydrogen-bond donors (Lipinski definition) is 0. The van der Waals surface area contributed by atoms with E-state index in [2.05, 4.69) is 62.3 Å². The lowest BCUT2D eigenvalue weighted by Crippen LogP contribution is -2.65. The van der Waals surface area contributed by atoms with Gasteiger partial charge >= 0.3 is 0 Å². The molecule has 0 aromatic rings. The van der Waals surface area contributed by atoms with Crippen LogP contribution >= 0.6 is 0 Å². The Morgan fingerprint density at radius 2 is 1.45 bits per heavy atom. The Labute approximate surface area is 127 Å². The second-order valence-electron chi connectivity index (χ2n) is 9.65. The molecule has 8 atom stereocenters. The minimum Gasteiger partial charge on any atom is -0.0648 e. The molecule has 0 nitrogen and oxygen atoms in total. The highest BCUT2D eigenvalue weighted by atomic mass is 15.0. The van der Waals surface area contributed by atoms with E-state index in [-0.39, 0.29) is 0 Å². The van der Waals surface area contributed by atoms with Gasteiger partial charge in [0.05, 0.1) is 0 Å². The van der Waals surface area contributed by atoms with Crippen molar-refractivity contribution in [3.8, 4) is 0 Å². The van der Waals surface area contributed by atoms with Gasteiger partial charge in [-0.25, -0.2) is 0 Å². The molecule has 0 amide bonds. The summed E-state index contributed by atoms with van der Waals surface area (Å²) in [5.41, 5.74) is 2.46. The van der Waals surface area contributed by atoms with Gasteiger partial charge in [-0.1, -0.05) is 62.3 Å². The van der Waals surface area contributed by atoms with Crippen LogP contribution < -0.4 is 0 Å². The van der Waals surface area contributed by atoms with E-state index in [0.717, 1.165) is 29.6 Å². The van der Waals surface area contributed by atoms with Gasteiger partial charge < -0.3 is 0 Å². The van der Waals surface area contributed by atoms with Crippen molar-refractivity contribution >= 4 is 0 Å². The van der Waals surface area contributed by atoms with Crippen LogP contribution in [0.1, 0.15) is 75.2 Å². The van der Waals surface area contributed by atoms with Gasteiger partial charge in [-0.05, 0) is 64.1 Å². The standard InChI is InChI=1S/C20H36/c1-10-17(7)19(9)14(5)18(8)15(6)20(17,18)16(19)13(4)11-12(2)3/h12-16H,10-11H2,1-9H3. The first-order valence-corrected chi connectivity index (χ1v) is 9.08. The summed E-state index contributed by atoms with van der Waals surface area (Å²) in [5.74, 6) is 4.55. The van der Waals surface area contributed by atoms with Gasteiger partial charge in [0, 0.05) is 0 Å². The Kier molecular flexibility index (Phi) is 2.73. The van der Waals surface area contributed by atoms with E-state index in [4.69, 9.17) is 0 Å². The van der Waals surface area contributed by atoms with E-state index in [9.17, 15) is 0 Å². The Bertz CT molecular complexity index is 437. The van der Waals surface area contributed by atoms with E-state index in [1.54, 1.807) is 0 Å². The molecular formula is C20H36. The second-order valence-corrected chi connectivity index (χ2v) is 9.65. The van der Waals surface area contributed by atoms with Gasteiger partial charge in [-0.2, -0.15) is 0 Å². The Morgan fingerprint density at radius 1 is 0.900 bits per heavy atom. The first-order chi connectivity index (χ1) is 9.08. The summed E-state index contributed by atoms with van der Waals surface area (Å²) >= 11 is 0. The van der Waals surface area contributed by atoms with Gasteiger partial charge in [0.2, 0.25) is 0 Å². The summed E-state index contributed by atoms with van der Waals surface area (Å²) in [5, 5.41) is 0. The maximum absolute atomic E-state index is 2.65. The monoisotopic (exact) mass is 276 g/mol. The molecule has 0 aromatic carbocycles. The van der Waals surface area contributed by atoms with Crippen molar-refractivity contribution in [2.75, 3.05) is 0 Å². The van der Waals surface area contributed by atoms with E-state index < -0.39 is 0 Å². The van der Waals surface area contributed by atoms with Crippen molar-refractivity contribution in [2.45, 2.75) is 75.2 Å². The smallest absolute Gasteiger partial charge is 0.0112 e. The molecule has 8 unspecified atom stereocenters. The third kappa shape index (κ3) is 1.00. The van der Waals surface area contributed by atoms with E-state index in [0.29, 0.717) is 21.7 Å². The molecule has 0 radical (unpaired) electrons. The predicted molar refractivity (Wildman–Crippen MR) is 87.5 cm³/mol. The molecule has 4 rings (SSSR count). The molecule has 4 aliphatic rings. The predicted octanol–water partition coefficient (Wildman–Crippen LogP) is 6.01. The number of rotatable bonds is 4. The lowest BCUT2D eigenvalue weighted by atomic mass is 9.35. The molecule has 0 heterocycles. The Balaban J connectivity index is 2.05. The van der Waals surface area contributed by atoms with Crippen LogP contribution in [0.4, 0.5) is 0 Å². The Morgan fingerprint density at radius 3 is 1.85 bits per heavy atom. The summed E-state index contributed by atoms with van der Waals surface area (Å²) in [7, 11) is 0. The summed E-state index contributed by atoms with van der Waals surface area (Å²) in [6, 6.07) is 0. The molecular weight excluding hydrogens is 240 g/mol. The number of hydrogen-bond acceptors (Lipinski definition) is 0. The van der Waals surface area contributed by atoms with Crippen molar-refractivity contribution in [3.05, 3.63) is 0 Å². The van der Waals surface area contributed by atoms with Crippen molar-refractivity contribution in [2.24, 2.45) is 51.2 Å². The molecule has 20 heavy (non-hydrogen) atoms. The van der Waals surface area contributed by atoms with Crippen molar-refractivity contribution < 1.29 is 0 Å². The van der Waals surface area contributed by atoms with E-state index in [1.165, 1.54) is 12.8 Å². The molecule has 0 saturated heterocycles. The third-order valence-electron chi connectivity index (χ3n) is 9.55. The zero-order valence-electron chi connectivity index (χ0n) is 15.3. The molecule has 2 bridgehead atoms. The zero-order chi connectivity index (χ0) is 15.3. The normalized spacial score (nSPS) is 61.2. The van der Waals surface area contributed by atoms with Gasteiger partial charge in [-0.15, -0.1) is 0 Å². The van der Waals surface area contributed by atoms with Crippen LogP contribution in [0.25, 0.3) is 0 Å². The molecule has 4 saturated carbocycles. The first kappa shape index (κ1) is 14.9. The topological polar surface area (TPSA) is 0 Å². The average molecular weight is 277 g/mol. The first-order valence-electron chi connectivity index (χ1n) is 9.08. The lowest BCUT2D eigenvalue weighted by molar-refractivity contribution is -0.222. The van der Waals surface area contributed by atoms with Gasteiger partial charge in [0.1, 0.15) is 0 Å². The quantitative estimate of drug-likeness (QED) is 0.589. The summed E-state index contributed by atoms with van der Waals surface area (Å²) in [6.45, 7) is 22.9. The largest absolute Gasteiger partial charge is 0.0648 e. The molecule has 116 valence electrons. The Hall–Kier alpha value is 0. The summed E-state index contributed by atoms with van der Waals surface area (Å²) < 4.78 is 0. The third-order valence-corrected chi connectivity index (χ3v) is 9.55. The van der Waals surface area contributed by atoms with Crippen LogP contribution in [0.15, 0.2) is 0 Å². The maximum Gasteiger partial charge on any atom is -0.0112 e. The van der Waals surface area contributed by atoms with Crippen LogP contribution in [-0.4, -0.2) is 0 Å². The van der Waals surface area contributed by atoms with Gasteiger partial charge in [-0.3, -0.25) is 0 Å². The van der Waals surface area contributed by atoms with Crippen LogP contribution in [0.3, 0.4) is 0 Å². The molecule has 0 aromatic heterocycles. The zero-order valence-corrected chi connectivity index (χ0v) is 15.3. The van der Waals surface area contributed by atoms with Gasteiger partial charge in [0.15, 0.2) is 0 Å². The highest BCUT2D eigenvalue weighted by Crippen LogP contribution is 3.03. The minimum atomic E-state index is 0.581. The average Bonchev–Trinajstić information content (AvgIpc) is 2.76. The van der Waals surface area contributed by atoms with Crippen molar-refractivity contribution in [1.29, 1.82) is 0 Å². The van der Waals surface area contributed by atoms with Gasteiger partial charge in [0.25, 0.3) is 0 Å². The molecule has 0 N–H and O–H groups in total. The molecule has 0 heteroatoms. The van der Waals surface area contributed by atoms with Crippen LogP contribution in [0.5, 0.6) is 0 Å². The van der Waals surface area contributed by atoms with E-state index >= 15 is 0 Å². The summed E-state index contributed by atoms with van der Waals surface area (Å²) in [4.78, 5) is 0. The van der Waals surface area contributed by atoms with Crippen LogP contribution in [-0.2, 0) is 0 Å². The second kappa shape index (κ2) is 3.66. The minimum absolute atomic E-state index is 0.581. The molecule has 4 fully saturated rings. The molecule has 4 aliphatic carbocycles. The highest BCUT2D eigenvalue weighted by molar-refractivity contribution is 5.46.